The van der Waals surface area contributed by atoms with Crippen LogP contribution in [0.15, 0.2) is 42.5 Å². The molecule has 0 heterocycles. The molecule has 0 bridgehead atoms. The number of carbonyl (C=O) groups is 1. The molecule has 0 fully saturated rings. The number of hydrogen-bond donors (Lipinski definition) is 2. The molecule has 0 aliphatic carbocycles. The molecule has 2 rings (SSSR count). The second kappa shape index (κ2) is 9.16. The number of sulfonamides is 1. The molecule has 0 aromatic heterocycles. The third-order valence-corrected chi connectivity index (χ3v) is 6.09. The number of hydrogen-bond acceptors (Lipinski definition) is 3. The van der Waals surface area contributed by atoms with Crippen LogP contribution >= 0.6 is 23.2 Å². The van der Waals surface area contributed by atoms with Crippen molar-refractivity contribution in [2.24, 2.45) is 0 Å². The van der Waals surface area contributed by atoms with E-state index in [2.05, 4.69) is 23.9 Å². The number of rotatable bonds is 8. The van der Waals surface area contributed by atoms with Crippen LogP contribution in [0.5, 0.6) is 0 Å². The Morgan fingerprint density at radius 1 is 1.04 bits per heavy atom. The topological polar surface area (TPSA) is 75.3 Å². The van der Waals surface area contributed by atoms with Crippen molar-refractivity contribution in [3.05, 3.63) is 63.6 Å². The van der Waals surface area contributed by atoms with Gasteiger partial charge in [0.05, 0.1) is 17.0 Å². The quantitative estimate of drug-likeness (QED) is 0.612. The summed E-state index contributed by atoms with van der Waals surface area (Å²) in [6.07, 6.45) is 2.71. The molecule has 2 aromatic rings. The van der Waals surface area contributed by atoms with Crippen molar-refractivity contribution in [3.8, 4) is 0 Å². The predicted molar refractivity (Wildman–Crippen MR) is 116 cm³/mol. The lowest BCUT2D eigenvalue weighted by atomic mass is 9.75. The van der Waals surface area contributed by atoms with Crippen LogP contribution in [-0.2, 0) is 15.4 Å². The first kappa shape index (κ1) is 22.5. The fraction of sp³-hybridized carbons (Fsp3) is 0.350. The van der Waals surface area contributed by atoms with Gasteiger partial charge in [0.15, 0.2) is 0 Å². The van der Waals surface area contributed by atoms with Gasteiger partial charge in [0, 0.05) is 22.5 Å². The van der Waals surface area contributed by atoms with E-state index in [4.69, 9.17) is 23.2 Å². The van der Waals surface area contributed by atoms with E-state index in [9.17, 15) is 13.2 Å². The summed E-state index contributed by atoms with van der Waals surface area (Å²) in [5.74, 6) is -0.298. The van der Waals surface area contributed by atoms with Gasteiger partial charge >= 0.3 is 0 Å². The van der Waals surface area contributed by atoms with E-state index < -0.39 is 10.0 Å². The Hall–Kier alpha value is -1.76. The molecular formula is C20H24Cl2N2O3S. The summed E-state index contributed by atoms with van der Waals surface area (Å²) in [5, 5.41) is 3.86. The molecule has 0 aliphatic heterocycles. The SMILES string of the molecule is CCC(CC)(CNC(=O)c1ccc(Cl)c(NS(C)(=O)=O)c1)c1ccc(Cl)cc1. The number of anilines is 1. The summed E-state index contributed by atoms with van der Waals surface area (Å²) < 4.78 is 25.3. The number of carbonyl (C=O) groups excluding carboxylic acids is 1. The Labute approximate surface area is 176 Å². The molecule has 152 valence electrons. The van der Waals surface area contributed by atoms with Crippen molar-refractivity contribution in [3.63, 3.8) is 0 Å². The van der Waals surface area contributed by atoms with Crippen LogP contribution < -0.4 is 10.0 Å². The third-order valence-electron chi connectivity index (χ3n) is 4.92. The van der Waals surface area contributed by atoms with Crippen LogP contribution in [0.2, 0.25) is 10.0 Å². The van der Waals surface area contributed by atoms with Crippen LogP contribution in [0.1, 0.15) is 42.6 Å². The van der Waals surface area contributed by atoms with Gasteiger partial charge in [0.1, 0.15) is 0 Å². The number of nitrogens with one attached hydrogen (secondary N) is 2. The van der Waals surface area contributed by atoms with E-state index in [1.807, 2.05) is 24.3 Å². The van der Waals surface area contributed by atoms with Crippen LogP contribution in [0.25, 0.3) is 0 Å². The molecule has 1 amide bonds. The largest absolute Gasteiger partial charge is 0.351 e. The van der Waals surface area contributed by atoms with Crippen molar-refractivity contribution in [2.45, 2.75) is 32.1 Å². The van der Waals surface area contributed by atoms with E-state index >= 15 is 0 Å². The van der Waals surface area contributed by atoms with Gasteiger partial charge < -0.3 is 5.32 Å². The van der Waals surface area contributed by atoms with Gasteiger partial charge in [-0.15, -0.1) is 0 Å². The highest BCUT2D eigenvalue weighted by atomic mass is 35.5. The molecule has 0 spiro atoms. The summed E-state index contributed by atoms with van der Waals surface area (Å²) >= 11 is 12.0. The maximum Gasteiger partial charge on any atom is 0.251 e. The lowest BCUT2D eigenvalue weighted by Crippen LogP contribution is -2.40. The molecular weight excluding hydrogens is 419 g/mol. The van der Waals surface area contributed by atoms with Gasteiger partial charge in [-0.3, -0.25) is 9.52 Å². The second-order valence-electron chi connectivity index (χ2n) is 6.75. The van der Waals surface area contributed by atoms with E-state index in [0.717, 1.165) is 24.7 Å². The minimum absolute atomic E-state index is 0.173. The Morgan fingerprint density at radius 2 is 1.64 bits per heavy atom. The molecule has 2 N–H and O–H groups in total. The summed E-state index contributed by atoms with van der Waals surface area (Å²) in [5.41, 5.74) is 1.39. The van der Waals surface area contributed by atoms with Gasteiger partial charge in [-0.05, 0) is 48.7 Å². The summed E-state index contributed by atoms with van der Waals surface area (Å²) in [6.45, 7) is 4.61. The third kappa shape index (κ3) is 5.63. The smallest absolute Gasteiger partial charge is 0.251 e. The van der Waals surface area contributed by atoms with Crippen LogP contribution in [0.4, 0.5) is 5.69 Å². The fourth-order valence-corrected chi connectivity index (χ4v) is 4.02. The van der Waals surface area contributed by atoms with E-state index in [1.54, 1.807) is 6.07 Å². The Balaban J connectivity index is 2.21. The Morgan fingerprint density at radius 3 is 2.18 bits per heavy atom. The van der Waals surface area contributed by atoms with Crippen LogP contribution in [0, 0.1) is 0 Å². The molecule has 8 heteroatoms. The molecule has 0 saturated carbocycles. The van der Waals surface area contributed by atoms with Crippen molar-refractivity contribution in [2.75, 3.05) is 17.5 Å². The van der Waals surface area contributed by atoms with Gasteiger partial charge in [0.2, 0.25) is 10.0 Å². The van der Waals surface area contributed by atoms with Gasteiger partial charge in [0.25, 0.3) is 5.91 Å². The normalized spacial score (nSPS) is 11.9. The minimum atomic E-state index is -3.50. The first-order chi connectivity index (χ1) is 13.1. The maximum atomic E-state index is 12.7. The summed E-state index contributed by atoms with van der Waals surface area (Å²) in [7, 11) is -3.50. The highest BCUT2D eigenvalue weighted by molar-refractivity contribution is 7.92. The van der Waals surface area contributed by atoms with Crippen molar-refractivity contribution in [1.29, 1.82) is 0 Å². The van der Waals surface area contributed by atoms with Crippen LogP contribution in [0.3, 0.4) is 0 Å². The lowest BCUT2D eigenvalue weighted by molar-refractivity contribution is 0.0941. The van der Waals surface area contributed by atoms with Crippen molar-refractivity contribution < 1.29 is 13.2 Å². The fourth-order valence-electron chi connectivity index (χ4n) is 3.11. The number of halogens is 2. The number of benzene rings is 2. The first-order valence-electron chi connectivity index (χ1n) is 8.92. The molecule has 0 saturated heterocycles. The van der Waals surface area contributed by atoms with Crippen LogP contribution in [-0.4, -0.2) is 27.1 Å². The van der Waals surface area contributed by atoms with Gasteiger partial charge in [-0.25, -0.2) is 8.42 Å². The average molecular weight is 443 g/mol. The molecule has 28 heavy (non-hydrogen) atoms. The average Bonchev–Trinajstić information content (AvgIpc) is 2.64. The second-order valence-corrected chi connectivity index (χ2v) is 9.34. The molecule has 2 aromatic carbocycles. The van der Waals surface area contributed by atoms with E-state index in [1.165, 1.54) is 12.1 Å². The van der Waals surface area contributed by atoms with Gasteiger partial charge in [-0.1, -0.05) is 49.2 Å². The molecule has 0 atom stereocenters. The van der Waals surface area contributed by atoms with E-state index in [-0.39, 0.29) is 22.0 Å². The predicted octanol–water partition coefficient (Wildman–Crippen LogP) is 4.85. The van der Waals surface area contributed by atoms with Crippen molar-refractivity contribution in [1.82, 2.24) is 5.32 Å². The molecule has 0 radical (unpaired) electrons. The summed E-state index contributed by atoms with van der Waals surface area (Å²) in [6, 6.07) is 12.2. The minimum Gasteiger partial charge on any atom is -0.351 e. The summed E-state index contributed by atoms with van der Waals surface area (Å²) in [4.78, 5) is 12.7. The zero-order valence-electron chi connectivity index (χ0n) is 16.1. The Kier molecular flexibility index (Phi) is 7.37. The van der Waals surface area contributed by atoms with Gasteiger partial charge in [-0.2, -0.15) is 0 Å². The monoisotopic (exact) mass is 442 g/mol. The molecule has 0 aliphatic rings. The molecule has 0 unspecified atom stereocenters. The molecule has 5 nitrogen and oxygen atoms in total. The zero-order valence-corrected chi connectivity index (χ0v) is 18.4. The maximum absolute atomic E-state index is 12.7. The highest BCUT2D eigenvalue weighted by Crippen LogP contribution is 2.32. The standard InChI is InChI=1S/C20H24Cl2N2O3S/c1-4-20(5-2,15-7-9-16(21)10-8-15)13-23-19(25)14-6-11-17(22)18(12-14)24-28(3,26)27/h6-12,24H,4-5,13H2,1-3H3,(H,23,25). The first-order valence-corrected chi connectivity index (χ1v) is 11.6. The number of amides is 1. The zero-order chi connectivity index (χ0) is 20.9. The lowest BCUT2D eigenvalue weighted by Gasteiger charge is -2.32. The van der Waals surface area contributed by atoms with Crippen molar-refractivity contribution >= 4 is 44.8 Å². The Bertz CT molecular complexity index is 940. The highest BCUT2D eigenvalue weighted by Gasteiger charge is 2.29. The van der Waals surface area contributed by atoms with E-state index in [0.29, 0.717) is 17.1 Å².